The minimum Gasteiger partial charge on any atom is -0.462 e. The lowest BCUT2D eigenvalue weighted by Crippen LogP contribution is -2.26. The first-order valence-corrected chi connectivity index (χ1v) is 13.7. The Balaban J connectivity index is 1.90. The summed E-state index contributed by atoms with van der Waals surface area (Å²) >= 11 is 1.59. The number of carbonyl (C=O) groups excluding carboxylic acids is 2. The number of hydrogen-bond acceptors (Lipinski definition) is 4. The predicted molar refractivity (Wildman–Crippen MR) is 136 cm³/mol. The van der Waals surface area contributed by atoms with Gasteiger partial charge in [0.2, 0.25) is 5.91 Å². The van der Waals surface area contributed by atoms with Crippen molar-refractivity contribution in [3.8, 4) is 0 Å². The van der Waals surface area contributed by atoms with Gasteiger partial charge in [-0.15, -0.1) is 11.3 Å². The maximum absolute atomic E-state index is 12.7. The average molecular weight is 464 g/mol. The van der Waals surface area contributed by atoms with Crippen molar-refractivity contribution in [3.63, 3.8) is 0 Å². The van der Waals surface area contributed by atoms with Gasteiger partial charge in [0.15, 0.2) is 0 Å². The summed E-state index contributed by atoms with van der Waals surface area (Å²) in [6.07, 6.45) is 14.6. The third kappa shape index (κ3) is 8.20. The highest BCUT2D eigenvalue weighted by Gasteiger charge is 2.34. The van der Waals surface area contributed by atoms with E-state index >= 15 is 0 Å². The molecule has 1 aliphatic rings. The van der Waals surface area contributed by atoms with Gasteiger partial charge in [-0.2, -0.15) is 0 Å². The summed E-state index contributed by atoms with van der Waals surface area (Å²) in [7, 11) is 0. The number of fused-ring (bicyclic) bond motifs is 1. The third-order valence-electron chi connectivity index (χ3n) is 6.73. The second kappa shape index (κ2) is 13.4. The van der Waals surface area contributed by atoms with Crippen molar-refractivity contribution in [2.24, 2.45) is 11.3 Å². The van der Waals surface area contributed by atoms with Crippen LogP contribution >= 0.6 is 11.3 Å². The molecule has 5 heteroatoms. The largest absolute Gasteiger partial charge is 0.462 e. The molecule has 32 heavy (non-hydrogen) atoms. The van der Waals surface area contributed by atoms with Gasteiger partial charge < -0.3 is 10.1 Å². The molecule has 182 valence electrons. The Morgan fingerprint density at radius 3 is 2.22 bits per heavy atom. The number of ether oxygens (including phenoxy) is 1. The molecule has 2 rings (SSSR count). The summed E-state index contributed by atoms with van der Waals surface area (Å²) in [5, 5.41) is 3.76. The Labute approximate surface area is 199 Å². The number of amides is 1. The molecule has 1 aromatic rings. The summed E-state index contributed by atoms with van der Waals surface area (Å²) in [6.45, 7) is 11.3. The van der Waals surface area contributed by atoms with Crippen molar-refractivity contribution < 1.29 is 14.3 Å². The van der Waals surface area contributed by atoms with Crippen molar-refractivity contribution in [1.29, 1.82) is 0 Å². The fourth-order valence-corrected chi connectivity index (χ4v) is 5.95. The number of nitrogens with one attached hydrogen (secondary N) is 1. The molecule has 1 heterocycles. The molecular weight excluding hydrogens is 418 g/mol. The van der Waals surface area contributed by atoms with E-state index in [4.69, 9.17) is 4.74 Å². The summed E-state index contributed by atoms with van der Waals surface area (Å²) in [5.74, 6) is 0.316. The van der Waals surface area contributed by atoms with Gasteiger partial charge in [0.25, 0.3) is 0 Å². The molecule has 0 aromatic carbocycles. The van der Waals surface area contributed by atoms with Crippen LogP contribution in [0.15, 0.2) is 0 Å². The highest BCUT2D eigenvalue weighted by atomic mass is 32.1. The zero-order valence-corrected chi connectivity index (χ0v) is 21.9. The van der Waals surface area contributed by atoms with Crippen LogP contribution in [0.1, 0.15) is 126 Å². The van der Waals surface area contributed by atoms with Crippen LogP contribution in [-0.4, -0.2) is 18.5 Å². The van der Waals surface area contributed by atoms with Crippen LogP contribution in [-0.2, 0) is 22.4 Å². The molecule has 0 saturated carbocycles. The number of rotatable bonds is 13. The van der Waals surface area contributed by atoms with Gasteiger partial charge in [-0.25, -0.2) is 4.79 Å². The molecule has 1 amide bonds. The molecular formula is C27H45NO3S. The molecule has 0 saturated heterocycles. The minimum absolute atomic E-state index is 0.0180. The quantitative estimate of drug-likeness (QED) is 0.239. The van der Waals surface area contributed by atoms with E-state index in [2.05, 4.69) is 33.0 Å². The van der Waals surface area contributed by atoms with Gasteiger partial charge >= 0.3 is 5.97 Å². The number of thiophene rings is 1. The second-order valence-electron chi connectivity index (χ2n) is 10.4. The predicted octanol–water partition coefficient (Wildman–Crippen LogP) is 7.94. The van der Waals surface area contributed by atoms with Crippen LogP contribution in [0, 0.1) is 11.3 Å². The lowest BCUT2D eigenvalue weighted by molar-refractivity contribution is -0.116. The fraction of sp³-hybridized carbons (Fsp3) is 0.778. The first kappa shape index (κ1) is 26.9. The van der Waals surface area contributed by atoms with E-state index in [-0.39, 0.29) is 17.3 Å². The van der Waals surface area contributed by atoms with Crippen molar-refractivity contribution >= 4 is 28.2 Å². The Morgan fingerprint density at radius 1 is 1.00 bits per heavy atom. The molecule has 0 spiro atoms. The topological polar surface area (TPSA) is 55.4 Å². The van der Waals surface area contributed by atoms with Gasteiger partial charge in [0.1, 0.15) is 5.00 Å². The average Bonchev–Trinajstić information content (AvgIpc) is 3.09. The normalized spacial score (nSPS) is 16.0. The van der Waals surface area contributed by atoms with Crippen LogP contribution in [0.2, 0.25) is 0 Å². The molecule has 0 aliphatic heterocycles. The fourth-order valence-electron chi connectivity index (χ4n) is 4.62. The SMILES string of the molecule is CCCCCCCCCCCC(=O)Nc1sc2c(c1C(=O)OCC)CC[C@@H](C(C)(C)C)C2. The van der Waals surface area contributed by atoms with Crippen molar-refractivity contribution in [2.75, 3.05) is 11.9 Å². The Hall–Kier alpha value is -1.36. The van der Waals surface area contributed by atoms with Crippen LogP contribution in [0.25, 0.3) is 0 Å². The van der Waals surface area contributed by atoms with Crippen LogP contribution in [0.5, 0.6) is 0 Å². The lowest BCUT2D eigenvalue weighted by atomic mass is 9.72. The van der Waals surface area contributed by atoms with Gasteiger partial charge in [-0.1, -0.05) is 79.1 Å². The Bertz CT molecular complexity index is 732. The van der Waals surface area contributed by atoms with Gasteiger partial charge in [-0.3, -0.25) is 4.79 Å². The summed E-state index contributed by atoms with van der Waals surface area (Å²) in [6, 6.07) is 0. The van der Waals surface area contributed by atoms with Crippen LogP contribution in [0.3, 0.4) is 0 Å². The number of hydrogen-bond donors (Lipinski definition) is 1. The van der Waals surface area contributed by atoms with E-state index in [1.165, 1.54) is 49.8 Å². The molecule has 0 bridgehead atoms. The number of carbonyl (C=O) groups is 2. The first-order chi connectivity index (χ1) is 15.3. The number of esters is 1. The standard InChI is InChI=1S/C27H45NO3S/c1-6-8-9-10-11-12-13-14-15-16-23(29)28-25-24(26(30)31-7-2)21-18-17-20(27(3,4)5)19-22(21)32-25/h20H,6-19H2,1-5H3,(H,28,29)/t20-/m1/s1. The van der Waals surface area contributed by atoms with Crippen LogP contribution in [0.4, 0.5) is 5.00 Å². The van der Waals surface area contributed by atoms with Crippen molar-refractivity contribution in [2.45, 2.75) is 118 Å². The molecule has 1 N–H and O–H groups in total. The summed E-state index contributed by atoms with van der Waals surface area (Å²) < 4.78 is 5.35. The molecule has 1 aromatic heterocycles. The maximum Gasteiger partial charge on any atom is 0.341 e. The molecule has 1 aliphatic carbocycles. The van der Waals surface area contributed by atoms with E-state index in [0.29, 0.717) is 29.5 Å². The van der Waals surface area contributed by atoms with E-state index in [1.54, 1.807) is 11.3 Å². The zero-order valence-electron chi connectivity index (χ0n) is 21.1. The monoisotopic (exact) mass is 463 g/mol. The number of unbranched alkanes of at least 4 members (excludes halogenated alkanes) is 8. The summed E-state index contributed by atoms with van der Waals surface area (Å²) in [4.78, 5) is 26.6. The number of anilines is 1. The summed E-state index contributed by atoms with van der Waals surface area (Å²) in [5.41, 5.74) is 1.96. The van der Waals surface area contributed by atoms with Crippen molar-refractivity contribution in [1.82, 2.24) is 0 Å². The maximum atomic E-state index is 12.7. The van der Waals surface area contributed by atoms with Gasteiger partial charge in [-0.05, 0) is 49.5 Å². The molecule has 0 unspecified atom stereocenters. The van der Waals surface area contributed by atoms with Crippen LogP contribution < -0.4 is 5.32 Å². The van der Waals surface area contributed by atoms with Gasteiger partial charge in [0, 0.05) is 11.3 Å². The highest BCUT2D eigenvalue weighted by Crippen LogP contribution is 2.44. The zero-order chi connectivity index (χ0) is 23.6. The van der Waals surface area contributed by atoms with Gasteiger partial charge in [0.05, 0.1) is 12.2 Å². The smallest absolute Gasteiger partial charge is 0.341 e. The molecule has 4 nitrogen and oxygen atoms in total. The third-order valence-corrected chi connectivity index (χ3v) is 7.90. The minimum atomic E-state index is -0.294. The van der Waals surface area contributed by atoms with Crippen molar-refractivity contribution in [3.05, 3.63) is 16.0 Å². The second-order valence-corrected chi connectivity index (χ2v) is 11.5. The van der Waals surface area contributed by atoms with E-state index in [0.717, 1.165) is 37.7 Å². The molecule has 0 fully saturated rings. The highest BCUT2D eigenvalue weighted by molar-refractivity contribution is 7.17. The van der Waals surface area contributed by atoms with E-state index in [9.17, 15) is 9.59 Å². The lowest BCUT2D eigenvalue weighted by Gasteiger charge is -2.33. The Morgan fingerprint density at radius 2 is 1.62 bits per heavy atom. The molecule has 1 atom stereocenters. The first-order valence-electron chi connectivity index (χ1n) is 12.9. The van der Waals surface area contributed by atoms with E-state index < -0.39 is 0 Å². The van der Waals surface area contributed by atoms with E-state index in [1.807, 2.05) is 6.92 Å². The molecule has 0 radical (unpaired) electrons. The Kier molecular flexibility index (Phi) is 11.2.